The normalized spacial score (nSPS) is 12.2. The van der Waals surface area contributed by atoms with Gasteiger partial charge in [0.1, 0.15) is 4.21 Å². The molecule has 0 saturated heterocycles. The van der Waals surface area contributed by atoms with Crippen molar-refractivity contribution in [2.45, 2.75) is 24.1 Å². The van der Waals surface area contributed by atoms with E-state index in [1.807, 2.05) is 24.4 Å². The molecule has 5 nitrogen and oxygen atoms in total. The Kier molecular flexibility index (Phi) is 6.95. The summed E-state index contributed by atoms with van der Waals surface area (Å²) in [6.07, 6.45) is 1.07. The minimum atomic E-state index is -3.35. The first-order chi connectivity index (χ1) is 8.95. The van der Waals surface area contributed by atoms with Crippen LogP contribution in [-0.2, 0) is 16.6 Å². The minimum Gasteiger partial charge on any atom is -0.313 e. The summed E-state index contributed by atoms with van der Waals surface area (Å²) >= 11 is 1.27. The molecule has 0 bridgehead atoms. The summed E-state index contributed by atoms with van der Waals surface area (Å²) in [5, 5.41) is 5.15. The molecule has 0 radical (unpaired) electrons. The maximum Gasteiger partial charge on any atom is 0.250 e. The van der Waals surface area contributed by atoms with Gasteiger partial charge >= 0.3 is 0 Å². The number of nitrogens with zero attached hydrogens (tertiary/aromatic N) is 1. The number of rotatable bonds is 9. The van der Waals surface area contributed by atoms with Crippen LogP contribution < -0.4 is 10.0 Å². The smallest absolute Gasteiger partial charge is 0.250 e. The van der Waals surface area contributed by atoms with Gasteiger partial charge in [-0.1, -0.05) is 6.92 Å². The van der Waals surface area contributed by atoms with E-state index in [2.05, 4.69) is 17.0 Å². The van der Waals surface area contributed by atoms with Crippen LogP contribution in [0, 0.1) is 0 Å². The molecule has 0 aliphatic rings. The van der Waals surface area contributed by atoms with Crippen molar-refractivity contribution in [1.29, 1.82) is 0 Å². The third-order valence-corrected chi connectivity index (χ3v) is 5.45. The summed E-state index contributed by atoms with van der Waals surface area (Å²) in [5.41, 5.74) is 1.02. The number of nitrogens with one attached hydrogen (secondary N) is 2. The van der Waals surface area contributed by atoms with E-state index in [-0.39, 0.29) is 0 Å². The van der Waals surface area contributed by atoms with Crippen LogP contribution in [0.15, 0.2) is 15.7 Å². The van der Waals surface area contributed by atoms with Gasteiger partial charge in [0.05, 0.1) is 0 Å². The highest BCUT2D eigenvalue weighted by molar-refractivity contribution is 7.91. The zero-order valence-electron chi connectivity index (χ0n) is 11.8. The molecule has 0 amide bonds. The summed E-state index contributed by atoms with van der Waals surface area (Å²) in [4.78, 5) is 1.94. The van der Waals surface area contributed by atoms with Crippen LogP contribution in [0.1, 0.15) is 18.9 Å². The first kappa shape index (κ1) is 16.6. The molecule has 0 aromatic carbocycles. The lowest BCUT2D eigenvalue weighted by Crippen LogP contribution is -2.31. The van der Waals surface area contributed by atoms with E-state index in [9.17, 15) is 8.42 Å². The second kappa shape index (κ2) is 7.96. The van der Waals surface area contributed by atoms with E-state index >= 15 is 0 Å². The van der Waals surface area contributed by atoms with Crippen LogP contribution in [0.25, 0.3) is 0 Å². The first-order valence-corrected chi connectivity index (χ1v) is 8.74. The maximum atomic E-state index is 12.0. The molecule has 1 rings (SSSR count). The lowest BCUT2D eigenvalue weighted by molar-refractivity contribution is 0.412. The predicted octanol–water partition coefficient (Wildman–Crippen LogP) is 1.09. The van der Waals surface area contributed by atoms with Crippen LogP contribution in [-0.4, -0.2) is 47.0 Å². The Labute approximate surface area is 120 Å². The van der Waals surface area contributed by atoms with Gasteiger partial charge in [-0.25, -0.2) is 13.1 Å². The van der Waals surface area contributed by atoms with Crippen molar-refractivity contribution in [1.82, 2.24) is 14.9 Å². The highest BCUT2D eigenvalue weighted by Gasteiger charge is 2.16. The Morgan fingerprint density at radius 3 is 2.68 bits per heavy atom. The largest absolute Gasteiger partial charge is 0.313 e. The van der Waals surface area contributed by atoms with Crippen molar-refractivity contribution in [3.8, 4) is 0 Å². The SMILES string of the molecule is CCCNCc1csc(S(=O)(=O)NCCN(C)C)c1. The number of hydrogen-bond acceptors (Lipinski definition) is 5. The van der Waals surface area contributed by atoms with Gasteiger partial charge in [-0.2, -0.15) is 0 Å². The van der Waals surface area contributed by atoms with Gasteiger partial charge < -0.3 is 10.2 Å². The molecule has 1 aromatic rings. The van der Waals surface area contributed by atoms with Crippen LogP contribution in [0.5, 0.6) is 0 Å². The molecule has 19 heavy (non-hydrogen) atoms. The standard InChI is InChI=1S/C12H23N3O2S2/c1-4-5-13-9-11-8-12(18-10-11)19(16,17)14-6-7-15(2)3/h8,10,13-14H,4-7,9H2,1-3H3. The van der Waals surface area contributed by atoms with Crippen molar-refractivity contribution in [3.05, 3.63) is 17.0 Å². The topological polar surface area (TPSA) is 61.4 Å². The van der Waals surface area contributed by atoms with Crippen LogP contribution >= 0.6 is 11.3 Å². The van der Waals surface area contributed by atoms with E-state index < -0.39 is 10.0 Å². The zero-order valence-corrected chi connectivity index (χ0v) is 13.4. The van der Waals surface area contributed by atoms with E-state index in [0.717, 1.165) is 25.1 Å². The summed E-state index contributed by atoms with van der Waals surface area (Å²) < 4.78 is 27.0. The molecule has 0 aliphatic carbocycles. The Bertz CT molecular complexity index is 469. The first-order valence-electron chi connectivity index (χ1n) is 6.38. The van der Waals surface area contributed by atoms with Crippen LogP contribution in [0.2, 0.25) is 0 Å². The fourth-order valence-corrected chi connectivity index (χ4v) is 3.75. The van der Waals surface area contributed by atoms with Crippen LogP contribution in [0.3, 0.4) is 0 Å². The summed E-state index contributed by atoms with van der Waals surface area (Å²) in [5.74, 6) is 0. The van der Waals surface area contributed by atoms with Crippen LogP contribution in [0.4, 0.5) is 0 Å². The summed E-state index contributed by atoms with van der Waals surface area (Å²) in [7, 11) is 0.476. The zero-order chi connectivity index (χ0) is 14.3. The molecular weight excluding hydrogens is 282 g/mol. The molecule has 0 aliphatic heterocycles. The number of likely N-dealkylation sites (N-methyl/N-ethyl adjacent to an activating group) is 1. The third kappa shape index (κ3) is 6.01. The molecule has 1 aromatic heterocycles. The second-order valence-corrected chi connectivity index (χ2v) is 7.56. The Balaban J connectivity index is 2.53. The van der Waals surface area contributed by atoms with Gasteiger partial charge in [0.25, 0.3) is 0 Å². The summed E-state index contributed by atoms with van der Waals surface area (Å²) in [6.45, 7) is 4.88. The molecule has 0 spiro atoms. The van der Waals surface area contributed by atoms with E-state index in [1.54, 1.807) is 6.07 Å². The van der Waals surface area contributed by atoms with Gasteiger partial charge in [0.15, 0.2) is 0 Å². The minimum absolute atomic E-state index is 0.388. The molecule has 0 saturated carbocycles. The number of sulfonamides is 1. The van der Waals surface area contributed by atoms with Crippen molar-refractivity contribution in [3.63, 3.8) is 0 Å². The van der Waals surface area contributed by atoms with Crippen molar-refractivity contribution < 1.29 is 8.42 Å². The Morgan fingerprint density at radius 1 is 1.32 bits per heavy atom. The highest BCUT2D eigenvalue weighted by atomic mass is 32.2. The average molecular weight is 305 g/mol. The van der Waals surface area contributed by atoms with Gasteiger partial charge in [0.2, 0.25) is 10.0 Å². The van der Waals surface area contributed by atoms with Gasteiger partial charge in [-0.05, 0) is 44.1 Å². The lowest BCUT2D eigenvalue weighted by Gasteiger charge is -2.09. The molecule has 0 fully saturated rings. The van der Waals surface area contributed by atoms with Gasteiger partial charge in [0, 0.05) is 19.6 Å². The maximum absolute atomic E-state index is 12.0. The quantitative estimate of drug-likeness (QED) is 0.671. The van der Waals surface area contributed by atoms with Gasteiger partial charge in [-0.15, -0.1) is 11.3 Å². The van der Waals surface area contributed by atoms with Crippen molar-refractivity contribution in [2.75, 3.05) is 33.7 Å². The predicted molar refractivity (Wildman–Crippen MR) is 80.1 cm³/mol. The molecule has 2 N–H and O–H groups in total. The summed E-state index contributed by atoms with van der Waals surface area (Å²) in [6, 6.07) is 1.74. The third-order valence-electron chi connectivity index (χ3n) is 2.50. The average Bonchev–Trinajstić information content (AvgIpc) is 2.78. The number of hydrogen-bond donors (Lipinski definition) is 2. The van der Waals surface area contributed by atoms with E-state index in [0.29, 0.717) is 17.3 Å². The molecule has 1 heterocycles. The lowest BCUT2D eigenvalue weighted by atomic mass is 10.3. The Hall–Kier alpha value is -0.470. The van der Waals surface area contributed by atoms with Gasteiger partial charge in [-0.3, -0.25) is 0 Å². The highest BCUT2D eigenvalue weighted by Crippen LogP contribution is 2.19. The molecular formula is C12H23N3O2S2. The van der Waals surface area contributed by atoms with Crippen molar-refractivity contribution >= 4 is 21.4 Å². The van der Waals surface area contributed by atoms with Crippen molar-refractivity contribution in [2.24, 2.45) is 0 Å². The van der Waals surface area contributed by atoms with E-state index in [4.69, 9.17) is 0 Å². The second-order valence-electron chi connectivity index (χ2n) is 4.65. The molecule has 7 heteroatoms. The number of thiophene rings is 1. The fraction of sp³-hybridized carbons (Fsp3) is 0.667. The van der Waals surface area contributed by atoms with E-state index in [1.165, 1.54) is 11.3 Å². The fourth-order valence-electron chi connectivity index (χ4n) is 1.47. The molecule has 110 valence electrons. The Morgan fingerprint density at radius 2 is 2.05 bits per heavy atom. The molecule has 0 atom stereocenters. The molecule has 0 unspecified atom stereocenters. The monoisotopic (exact) mass is 305 g/mol.